The van der Waals surface area contributed by atoms with Gasteiger partial charge < -0.3 is 14.2 Å². The fourth-order valence-corrected chi connectivity index (χ4v) is 4.05. The molecule has 3 nitrogen and oxygen atoms in total. The standard InChI is InChI=1S/C22H24Cl4O3/c23-13-18(10-6-15-4-7-16(24)8-5-15)28-22-3-1-2-19(29-22)14-27-21-11-9-17(25)12-20(21)26/h4-5,7-9,11-12,18-19,22H,1-3,6,10,13-14H2/t18?,19-,22-/m1/s1. The predicted octanol–water partition coefficient (Wildman–Crippen LogP) is 7.18. The van der Waals surface area contributed by atoms with Crippen LogP contribution in [-0.4, -0.2) is 31.0 Å². The molecule has 1 aliphatic rings. The van der Waals surface area contributed by atoms with Gasteiger partial charge in [-0.05, 0) is 68.0 Å². The second kappa shape index (κ2) is 11.6. The summed E-state index contributed by atoms with van der Waals surface area (Å²) in [5, 5.41) is 1.81. The minimum Gasteiger partial charge on any atom is -0.489 e. The molecule has 1 aliphatic heterocycles. The monoisotopic (exact) mass is 476 g/mol. The highest BCUT2D eigenvalue weighted by atomic mass is 35.5. The first-order valence-electron chi connectivity index (χ1n) is 9.72. The van der Waals surface area contributed by atoms with Crippen LogP contribution in [-0.2, 0) is 15.9 Å². The Bertz CT molecular complexity index is 769. The number of benzene rings is 2. The Labute approximate surface area is 192 Å². The van der Waals surface area contributed by atoms with Gasteiger partial charge in [-0.3, -0.25) is 0 Å². The predicted molar refractivity (Wildman–Crippen MR) is 120 cm³/mol. The lowest BCUT2D eigenvalue weighted by Crippen LogP contribution is -2.36. The Morgan fingerprint density at radius 3 is 2.48 bits per heavy atom. The van der Waals surface area contributed by atoms with Crippen molar-refractivity contribution in [2.45, 2.75) is 50.6 Å². The molecule has 0 N–H and O–H groups in total. The molecule has 3 atom stereocenters. The van der Waals surface area contributed by atoms with Crippen molar-refractivity contribution in [2.75, 3.05) is 12.5 Å². The van der Waals surface area contributed by atoms with Crippen molar-refractivity contribution >= 4 is 46.4 Å². The molecule has 2 aromatic carbocycles. The van der Waals surface area contributed by atoms with E-state index >= 15 is 0 Å². The van der Waals surface area contributed by atoms with Crippen molar-refractivity contribution < 1.29 is 14.2 Å². The van der Waals surface area contributed by atoms with E-state index in [0.717, 1.165) is 37.1 Å². The van der Waals surface area contributed by atoms with Gasteiger partial charge in [0.05, 0.1) is 17.2 Å². The van der Waals surface area contributed by atoms with Crippen molar-refractivity contribution in [2.24, 2.45) is 0 Å². The summed E-state index contributed by atoms with van der Waals surface area (Å²) >= 11 is 24.2. The highest BCUT2D eigenvalue weighted by molar-refractivity contribution is 6.35. The van der Waals surface area contributed by atoms with Crippen molar-refractivity contribution in [3.05, 3.63) is 63.1 Å². The lowest BCUT2D eigenvalue weighted by molar-refractivity contribution is -0.216. The highest BCUT2D eigenvalue weighted by Crippen LogP contribution is 2.29. The van der Waals surface area contributed by atoms with Crippen LogP contribution in [0.1, 0.15) is 31.2 Å². The maximum Gasteiger partial charge on any atom is 0.158 e. The molecule has 1 unspecified atom stereocenters. The third kappa shape index (κ3) is 7.50. The molecule has 0 saturated carbocycles. The number of aryl methyl sites for hydroxylation is 1. The van der Waals surface area contributed by atoms with E-state index in [2.05, 4.69) is 0 Å². The van der Waals surface area contributed by atoms with Crippen LogP contribution < -0.4 is 4.74 Å². The van der Waals surface area contributed by atoms with E-state index in [1.54, 1.807) is 18.2 Å². The maximum absolute atomic E-state index is 6.16. The van der Waals surface area contributed by atoms with Crippen LogP contribution >= 0.6 is 46.4 Å². The van der Waals surface area contributed by atoms with Gasteiger partial charge in [0.1, 0.15) is 12.4 Å². The van der Waals surface area contributed by atoms with E-state index in [1.165, 1.54) is 5.56 Å². The second-order valence-electron chi connectivity index (χ2n) is 7.08. The van der Waals surface area contributed by atoms with Crippen molar-refractivity contribution in [3.63, 3.8) is 0 Å². The molecule has 7 heteroatoms. The van der Waals surface area contributed by atoms with E-state index in [0.29, 0.717) is 28.3 Å². The molecular weight excluding hydrogens is 454 g/mol. The van der Waals surface area contributed by atoms with Crippen molar-refractivity contribution in [3.8, 4) is 5.75 Å². The van der Waals surface area contributed by atoms with Gasteiger partial charge in [0.15, 0.2) is 6.29 Å². The molecule has 29 heavy (non-hydrogen) atoms. The largest absolute Gasteiger partial charge is 0.489 e. The molecule has 2 aromatic rings. The molecule has 3 rings (SSSR count). The average Bonchev–Trinajstić information content (AvgIpc) is 2.72. The van der Waals surface area contributed by atoms with Crippen LogP contribution in [0.5, 0.6) is 5.75 Å². The molecule has 0 aromatic heterocycles. The number of alkyl halides is 1. The molecule has 1 saturated heterocycles. The zero-order valence-electron chi connectivity index (χ0n) is 16.0. The minimum absolute atomic E-state index is 0.0484. The Hall–Kier alpha value is -0.680. The molecule has 1 fully saturated rings. The van der Waals surface area contributed by atoms with Gasteiger partial charge in [-0.1, -0.05) is 46.9 Å². The van der Waals surface area contributed by atoms with Gasteiger partial charge in [0, 0.05) is 15.9 Å². The quantitative estimate of drug-likeness (QED) is 0.358. The van der Waals surface area contributed by atoms with Gasteiger partial charge in [-0.15, -0.1) is 11.6 Å². The summed E-state index contributed by atoms with van der Waals surface area (Å²) in [6.45, 7) is 0.414. The zero-order chi connectivity index (χ0) is 20.6. The van der Waals surface area contributed by atoms with Crippen molar-refractivity contribution in [1.82, 2.24) is 0 Å². The van der Waals surface area contributed by atoms with E-state index < -0.39 is 0 Å². The highest BCUT2D eigenvalue weighted by Gasteiger charge is 2.26. The van der Waals surface area contributed by atoms with Crippen LogP contribution in [0.4, 0.5) is 0 Å². The van der Waals surface area contributed by atoms with Gasteiger partial charge in [-0.25, -0.2) is 0 Å². The Morgan fingerprint density at radius 2 is 1.76 bits per heavy atom. The molecule has 158 valence electrons. The molecule has 0 bridgehead atoms. The minimum atomic E-state index is -0.271. The number of ether oxygens (including phenoxy) is 3. The summed E-state index contributed by atoms with van der Waals surface area (Å²) in [6.07, 6.45) is 4.10. The number of hydrogen-bond acceptors (Lipinski definition) is 3. The van der Waals surface area contributed by atoms with Gasteiger partial charge >= 0.3 is 0 Å². The summed E-state index contributed by atoms with van der Waals surface area (Å²) in [4.78, 5) is 0. The van der Waals surface area contributed by atoms with Crippen LogP contribution in [0, 0.1) is 0 Å². The van der Waals surface area contributed by atoms with Gasteiger partial charge in [0.2, 0.25) is 0 Å². The maximum atomic E-state index is 6.16. The van der Waals surface area contributed by atoms with E-state index in [4.69, 9.17) is 60.6 Å². The fraction of sp³-hybridized carbons (Fsp3) is 0.455. The number of halogens is 4. The lowest BCUT2D eigenvalue weighted by Gasteiger charge is -2.32. The SMILES string of the molecule is ClCC(CCc1ccc(Cl)cc1)O[C@H]1CCC[C@H](COc2ccc(Cl)cc2Cl)O1. The molecule has 0 amide bonds. The van der Waals surface area contributed by atoms with Crippen molar-refractivity contribution in [1.29, 1.82) is 0 Å². The molecule has 0 spiro atoms. The van der Waals surface area contributed by atoms with Gasteiger partial charge in [0.25, 0.3) is 0 Å². The van der Waals surface area contributed by atoms with E-state index in [9.17, 15) is 0 Å². The smallest absolute Gasteiger partial charge is 0.158 e. The Morgan fingerprint density at radius 1 is 1.00 bits per heavy atom. The normalized spacial score (nSPS) is 20.4. The lowest BCUT2D eigenvalue weighted by atomic mass is 10.1. The number of hydrogen-bond donors (Lipinski definition) is 0. The zero-order valence-corrected chi connectivity index (χ0v) is 19.0. The first-order valence-corrected chi connectivity index (χ1v) is 11.4. The first-order chi connectivity index (χ1) is 14.0. The van der Waals surface area contributed by atoms with Crippen LogP contribution in [0.2, 0.25) is 15.1 Å². The van der Waals surface area contributed by atoms with Crippen LogP contribution in [0.25, 0.3) is 0 Å². The third-order valence-electron chi connectivity index (χ3n) is 4.81. The molecule has 1 heterocycles. The van der Waals surface area contributed by atoms with E-state index in [1.807, 2.05) is 24.3 Å². The number of rotatable bonds is 9. The Balaban J connectivity index is 1.45. The summed E-state index contributed by atoms with van der Waals surface area (Å²) < 4.78 is 18.0. The van der Waals surface area contributed by atoms with Crippen LogP contribution in [0.15, 0.2) is 42.5 Å². The van der Waals surface area contributed by atoms with Gasteiger partial charge in [-0.2, -0.15) is 0 Å². The summed E-state index contributed by atoms with van der Waals surface area (Å²) in [7, 11) is 0. The second-order valence-corrected chi connectivity index (χ2v) is 8.67. The molecular formula is C22H24Cl4O3. The summed E-state index contributed by atoms with van der Waals surface area (Å²) in [5.74, 6) is 1.03. The van der Waals surface area contributed by atoms with Crippen LogP contribution in [0.3, 0.4) is 0 Å². The average molecular weight is 478 g/mol. The summed E-state index contributed by atoms with van der Waals surface area (Å²) in [6, 6.07) is 13.0. The molecule has 0 radical (unpaired) electrons. The topological polar surface area (TPSA) is 27.7 Å². The summed E-state index contributed by atoms with van der Waals surface area (Å²) in [5.41, 5.74) is 1.21. The molecule has 0 aliphatic carbocycles. The first kappa shape index (κ1) is 23.0. The Kier molecular flexibility index (Phi) is 9.23. The third-order valence-corrected chi connectivity index (χ3v) is 5.94. The fourth-order valence-electron chi connectivity index (χ4n) is 3.24. The van der Waals surface area contributed by atoms with E-state index in [-0.39, 0.29) is 18.5 Å².